The van der Waals surface area contributed by atoms with E-state index >= 15 is 0 Å². The van der Waals surface area contributed by atoms with E-state index < -0.39 is 19.5 Å². The molecule has 98 valence electrons. The Bertz CT molecular complexity index is 394. The van der Waals surface area contributed by atoms with Crippen LogP contribution in [0.15, 0.2) is 46.8 Å². The SMILES string of the molecule is CC(C)=C[SiH2]Oc1cccc(O[SiH2]C=C(C)C)c1. The monoisotopic (exact) mass is 278 g/mol. The molecule has 4 heteroatoms. The summed E-state index contributed by atoms with van der Waals surface area (Å²) in [6.45, 7) is 8.39. The summed E-state index contributed by atoms with van der Waals surface area (Å²) >= 11 is 0. The van der Waals surface area contributed by atoms with E-state index in [0.29, 0.717) is 0 Å². The summed E-state index contributed by atoms with van der Waals surface area (Å²) in [4.78, 5) is 0. The Kier molecular flexibility index (Phi) is 6.53. The predicted molar refractivity (Wildman–Crippen MR) is 83.6 cm³/mol. The van der Waals surface area contributed by atoms with Crippen molar-refractivity contribution in [1.82, 2.24) is 0 Å². The molecule has 0 fully saturated rings. The molecule has 0 aliphatic rings. The predicted octanol–water partition coefficient (Wildman–Crippen LogP) is 2.46. The Labute approximate surface area is 115 Å². The van der Waals surface area contributed by atoms with Crippen LogP contribution >= 0.6 is 0 Å². The minimum absolute atomic E-state index is 0.601. The molecule has 0 aromatic heterocycles. The van der Waals surface area contributed by atoms with Crippen molar-refractivity contribution in [3.05, 3.63) is 46.8 Å². The molecule has 0 amide bonds. The van der Waals surface area contributed by atoms with Crippen molar-refractivity contribution < 1.29 is 8.85 Å². The average molecular weight is 278 g/mol. The zero-order valence-electron chi connectivity index (χ0n) is 11.7. The summed E-state index contributed by atoms with van der Waals surface area (Å²) in [7, 11) is -1.20. The van der Waals surface area contributed by atoms with Crippen LogP contribution in [0.1, 0.15) is 27.7 Å². The van der Waals surface area contributed by atoms with Crippen LogP contribution in [0.2, 0.25) is 0 Å². The van der Waals surface area contributed by atoms with Gasteiger partial charge in [0.15, 0.2) is 0 Å². The lowest BCUT2D eigenvalue weighted by Crippen LogP contribution is -2.01. The lowest BCUT2D eigenvalue weighted by molar-refractivity contribution is 0.576. The fourth-order valence-corrected chi connectivity index (χ4v) is 2.84. The maximum Gasteiger partial charge on any atom is 0.244 e. The average Bonchev–Trinajstić information content (AvgIpc) is 2.28. The first-order valence-corrected chi connectivity index (χ1v) is 8.99. The number of allylic oxidation sites excluding steroid dienone is 2. The van der Waals surface area contributed by atoms with Crippen molar-refractivity contribution in [2.45, 2.75) is 27.7 Å². The van der Waals surface area contributed by atoms with Crippen LogP contribution in [0.5, 0.6) is 11.5 Å². The topological polar surface area (TPSA) is 18.5 Å². The van der Waals surface area contributed by atoms with Gasteiger partial charge in [0, 0.05) is 6.07 Å². The zero-order chi connectivity index (χ0) is 13.4. The quantitative estimate of drug-likeness (QED) is 0.744. The molecule has 0 aliphatic carbocycles. The minimum Gasteiger partial charge on any atom is -0.545 e. The molecule has 0 N–H and O–H groups in total. The van der Waals surface area contributed by atoms with Crippen LogP contribution in [0, 0.1) is 0 Å². The highest BCUT2D eigenvalue weighted by Crippen LogP contribution is 2.18. The highest BCUT2D eigenvalue weighted by molar-refractivity contribution is 6.36. The minimum atomic E-state index is -0.601. The molecule has 0 spiro atoms. The van der Waals surface area contributed by atoms with E-state index in [1.54, 1.807) is 0 Å². The molecule has 1 aromatic carbocycles. The molecule has 0 unspecified atom stereocenters. The van der Waals surface area contributed by atoms with Gasteiger partial charge in [0.25, 0.3) is 0 Å². The summed E-state index contributed by atoms with van der Waals surface area (Å²) < 4.78 is 11.5. The summed E-state index contributed by atoms with van der Waals surface area (Å²) in [6.07, 6.45) is 0. The standard InChI is InChI=1S/C14H22O2Si2/c1-11(2)9-17-15-13-6-5-7-14(8-13)16-18-10-12(3)4/h5-10H,17-18H2,1-4H3. The molecule has 1 aromatic rings. The molecule has 0 atom stereocenters. The highest BCUT2D eigenvalue weighted by Gasteiger charge is 1.96. The molecule has 0 aliphatic heterocycles. The van der Waals surface area contributed by atoms with Gasteiger partial charge in [-0.2, -0.15) is 0 Å². The Morgan fingerprint density at radius 2 is 1.33 bits per heavy atom. The molecule has 18 heavy (non-hydrogen) atoms. The number of rotatable bonds is 6. The van der Waals surface area contributed by atoms with Crippen molar-refractivity contribution >= 4 is 19.5 Å². The summed E-state index contributed by atoms with van der Waals surface area (Å²) in [6, 6.07) is 7.94. The van der Waals surface area contributed by atoms with Gasteiger partial charge in [0.1, 0.15) is 11.5 Å². The van der Waals surface area contributed by atoms with E-state index in [-0.39, 0.29) is 0 Å². The van der Waals surface area contributed by atoms with Gasteiger partial charge in [0.2, 0.25) is 19.5 Å². The van der Waals surface area contributed by atoms with Crippen molar-refractivity contribution in [3.8, 4) is 11.5 Å². The third-order valence-corrected chi connectivity index (χ3v) is 5.25. The van der Waals surface area contributed by atoms with Gasteiger partial charge < -0.3 is 8.85 Å². The van der Waals surface area contributed by atoms with Crippen LogP contribution < -0.4 is 8.85 Å². The normalized spacial score (nSPS) is 10.9. The summed E-state index contributed by atoms with van der Waals surface area (Å²) in [5.41, 5.74) is 7.05. The largest absolute Gasteiger partial charge is 0.545 e. The first kappa shape index (κ1) is 14.8. The van der Waals surface area contributed by atoms with Crippen LogP contribution in [0.25, 0.3) is 0 Å². The van der Waals surface area contributed by atoms with E-state index in [9.17, 15) is 0 Å². The third kappa shape index (κ3) is 6.46. The number of hydrogen-bond acceptors (Lipinski definition) is 2. The highest BCUT2D eigenvalue weighted by atomic mass is 28.2. The van der Waals surface area contributed by atoms with Gasteiger partial charge >= 0.3 is 0 Å². The zero-order valence-corrected chi connectivity index (χ0v) is 14.5. The Morgan fingerprint density at radius 1 is 0.889 bits per heavy atom. The second-order valence-electron chi connectivity index (χ2n) is 4.66. The van der Waals surface area contributed by atoms with E-state index in [1.807, 2.05) is 24.3 Å². The maximum absolute atomic E-state index is 5.77. The summed E-state index contributed by atoms with van der Waals surface area (Å²) in [5, 5.41) is 0. The lowest BCUT2D eigenvalue weighted by atomic mass is 10.3. The van der Waals surface area contributed by atoms with Gasteiger partial charge in [0.05, 0.1) is 0 Å². The first-order chi connectivity index (χ1) is 8.58. The van der Waals surface area contributed by atoms with Crippen molar-refractivity contribution in [1.29, 1.82) is 0 Å². The van der Waals surface area contributed by atoms with Gasteiger partial charge in [-0.25, -0.2) is 0 Å². The van der Waals surface area contributed by atoms with Crippen LogP contribution in [-0.4, -0.2) is 19.5 Å². The fourth-order valence-electron chi connectivity index (χ4n) is 1.26. The van der Waals surface area contributed by atoms with Crippen LogP contribution in [0.3, 0.4) is 0 Å². The second-order valence-corrected chi connectivity index (χ2v) is 6.72. The van der Waals surface area contributed by atoms with Crippen LogP contribution in [-0.2, 0) is 0 Å². The van der Waals surface area contributed by atoms with Gasteiger partial charge in [-0.05, 0) is 39.8 Å². The smallest absolute Gasteiger partial charge is 0.244 e. The molecular formula is C14H22O2Si2. The Morgan fingerprint density at radius 3 is 1.72 bits per heavy atom. The number of benzene rings is 1. The molecule has 0 radical (unpaired) electrons. The van der Waals surface area contributed by atoms with Crippen molar-refractivity contribution in [2.24, 2.45) is 0 Å². The molecule has 0 saturated heterocycles. The first-order valence-electron chi connectivity index (χ1n) is 6.20. The summed E-state index contributed by atoms with van der Waals surface area (Å²) in [5.74, 6) is 1.84. The van der Waals surface area contributed by atoms with Crippen LogP contribution in [0.4, 0.5) is 0 Å². The lowest BCUT2D eigenvalue weighted by Gasteiger charge is -2.08. The number of hydrogen-bond donors (Lipinski definition) is 0. The van der Waals surface area contributed by atoms with E-state index in [0.717, 1.165) is 11.5 Å². The molecule has 0 bridgehead atoms. The molecular weight excluding hydrogens is 256 g/mol. The maximum atomic E-state index is 5.77. The van der Waals surface area contributed by atoms with E-state index in [4.69, 9.17) is 8.85 Å². The van der Waals surface area contributed by atoms with Gasteiger partial charge in [-0.1, -0.05) is 28.6 Å². The van der Waals surface area contributed by atoms with E-state index in [1.165, 1.54) is 11.1 Å². The van der Waals surface area contributed by atoms with Gasteiger partial charge in [-0.15, -0.1) is 0 Å². The van der Waals surface area contributed by atoms with E-state index in [2.05, 4.69) is 39.1 Å². The molecule has 1 rings (SSSR count). The molecule has 0 heterocycles. The Hall–Kier alpha value is -1.27. The molecule has 2 nitrogen and oxygen atoms in total. The van der Waals surface area contributed by atoms with Gasteiger partial charge in [-0.3, -0.25) is 0 Å². The Balaban J connectivity index is 2.51. The fraction of sp³-hybridized carbons (Fsp3) is 0.286. The van der Waals surface area contributed by atoms with Crippen molar-refractivity contribution in [2.75, 3.05) is 0 Å². The third-order valence-electron chi connectivity index (χ3n) is 2.29. The molecule has 0 saturated carbocycles. The van der Waals surface area contributed by atoms with Crippen molar-refractivity contribution in [3.63, 3.8) is 0 Å². The second kappa shape index (κ2) is 7.95.